The van der Waals surface area contributed by atoms with Gasteiger partial charge in [0, 0.05) is 32.2 Å². The minimum atomic E-state index is -0.779. The van der Waals surface area contributed by atoms with Crippen LogP contribution in [0.15, 0.2) is 42.0 Å². The standard InChI is InChI=1S/C30H37NO7/c1-5-7-15-37-24-12-9-20(18-25(24)36-6-2)27-26(29(33)30(34)31(27)13-8-14-35-4)28(32)21-10-11-23-22(17-21)16-19(3)38-23/h9-12,17-19,27,32H,5-8,13-16H2,1-4H3/t19-,27-/m1/s1. The molecule has 8 heteroatoms. The molecule has 1 fully saturated rings. The lowest BCUT2D eigenvalue weighted by Gasteiger charge is -2.26. The number of carbonyl (C=O) groups is 2. The molecule has 1 amide bonds. The van der Waals surface area contributed by atoms with Gasteiger partial charge < -0.3 is 29.0 Å². The van der Waals surface area contributed by atoms with Gasteiger partial charge in [0.2, 0.25) is 0 Å². The lowest BCUT2D eigenvalue weighted by molar-refractivity contribution is -0.140. The molecule has 2 aromatic carbocycles. The minimum Gasteiger partial charge on any atom is -0.507 e. The van der Waals surface area contributed by atoms with Crippen LogP contribution in [-0.2, 0) is 20.7 Å². The number of likely N-dealkylation sites (tertiary alicyclic amines) is 1. The first kappa shape index (κ1) is 27.5. The van der Waals surface area contributed by atoms with E-state index in [4.69, 9.17) is 18.9 Å². The van der Waals surface area contributed by atoms with E-state index in [0.717, 1.165) is 24.2 Å². The summed E-state index contributed by atoms with van der Waals surface area (Å²) < 4.78 is 22.8. The Hall–Kier alpha value is -3.52. The van der Waals surface area contributed by atoms with Crippen LogP contribution in [0, 0.1) is 0 Å². The summed E-state index contributed by atoms with van der Waals surface area (Å²) in [5.74, 6) is 0.348. The molecule has 2 aliphatic rings. The summed E-state index contributed by atoms with van der Waals surface area (Å²) in [6, 6.07) is 10.0. The summed E-state index contributed by atoms with van der Waals surface area (Å²) in [4.78, 5) is 28.1. The number of nitrogens with zero attached hydrogens (tertiary/aromatic N) is 1. The first-order valence-corrected chi connectivity index (χ1v) is 13.4. The summed E-state index contributed by atoms with van der Waals surface area (Å²) >= 11 is 0. The van der Waals surface area contributed by atoms with Gasteiger partial charge in [-0.3, -0.25) is 9.59 Å². The molecular formula is C30H37NO7. The molecule has 0 unspecified atom stereocenters. The Labute approximate surface area is 224 Å². The summed E-state index contributed by atoms with van der Waals surface area (Å²) in [6.07, 6.45) is 3.22. The van der Waals surface area contributed by atoms with Crippen molar-refractivity contribution in [3.63, 3.8) is 0 Å². The number of carbonyl (C=O) groups excluding carboxylic acids is 2. The highest BCUT2D eigenvalue weighted by molar-refractivity contribution is 6.46. The predicted molar refractivity (Wildman–Crippen MR) is 144 cm³/mol. The Balaban J connectivity index is 1.79. The van der Waals surface area contributed by atoms with Gasteiger partial charge >= 0.3 is 0 Å². The second kappa shape index (κ2) is 12.3. The van der Waals surface area contributed by atoms with Crippen LogP contribution in [0.3, 0.4) is 0 Å². The van der Waals surface area contributed by atoms with E-state index < -0.39 is 17.7 Å². The van der Waals surface area contributed by atoms with Crippen LogP contribution in [0.2, 0.25) is 0 Å². The Morgan fingerprint density at radius 1 is 1.05 bits per heavy atom. The predicted octanol–water partition coefficient (Wildman–Crippen LogP) is 5.05. The fraction of sp³-hybridized carbons (Fsp3) is 0.467. The Morgan fingerprint density at radius 3 is 2.61 bits per heavy atom. The molecule has 204 valence electrons. The van der Waals surface area contributed by atoms with E-state index in [2.05, 4.69) is 6.92 Å². The monoisotopic (exact) mass is 523 g/mol. The van der Waals surface area contributed by atoms with Gasteiger partial charge in [0.15, 0.2) is 11.5 Å². The zero-order chi connectivity index (χ0) is 27.2. The van der Waals surface area contributed by atoms with Crippen LogP contribution in [-0.4, -0.2) is 61.3 Å². The molecule has 4 rings (SSSR count). The number of ketones is 1. The van der Waals surface area contributed by atoms with E-state index in [-0.39, 0.29) is 17.4 Å². The summed E-state index contributed by atoms with van der Waals surface area (Å²) in [7, 11) is 1.59. The van der Waals surface area contributed by atoms with Crippen molar-refractivity contribution in [1.29, 1.82) is 0 Å². The fourth-order valence-corrected chi connectivity index (χ4v) is 4.97. The van der Waals surface area contributed by atoms with Gasteiger partial charge in [0.1, 0.15) is 17.6 Å². The molecule has 38 heavy (non-hydrogen) atoms. The van der Waals surface area contributed by atoms with Crippen LogP contribution in [0.4, 0.5) is 0 Å². The van der Waals surface area contributed by atoms with Crippen molar-refractivity contribution in [2.45, 2.75) is 58.6 Å². The van der Waals surface area contributed by atoms with E-state index in [0.29, 0.717) is 61.8 Å². The average molecular weight is 524 g/mol. The topological polar surface area (TPSA) is 94.5 Å². The van der Waals surface area contributed by atoms with E-state index in [1.165, 1.54) is 4.90 Å². The highest BCUT2D eigenvalue weighted by atomic mass is 16.5. The maximum absolute atomic E-state index is 13.4. The van der Waals surface area contributed by atoms with Crippen LogP contribution < -0.4 is 14.2 Å². The SMILES string of the molecule is CCCCOc1ccc([C@@H]2C(=C(O)c3ccc4c(c3)C[C@@H](C)O4)C(=O)C(=O)N2CCCOC)cc1OCC. The number of benzene rings is 2. The molecule has 8 nitrogen and oxygen atoms in total. The second-order valence-corrected chi connectivity index (χ2v) is 9.64. The van der Waals surface area contributed by atoms with Gasteiger partial charge in [-0.1, -0.05) is 19.4 Å². The zero-order valence-electron chi connectivity index (χ0n) is 22.6. The van der Waals surface area contributed by atoms with E-state index in [1.807, 2.05) is 26.0 Å². The van der Waals surface area contributed by atoms with Gasteiger partial charge in [0.25, 0.3) is 11.7 Å². The highest BCUT2D eigenvalue weighted by Crippen LogP contribution is 2.43. The molecule has 2 atom stereocenters. The summed E-state index contributed by atoms with van der Waals surface area (Å²) in [5, 5.41) is 11.5. The van der Waals surface area contributed by atoms with Gasteiger partial charge in [-0.25, -0.2) is 0 Å². The normalized spacial score (nSPS) is 19.9. The zero-order valence-corrected chi connectivity index (χ0v) is 22.6. The molecule has 2 aliphatic heterocycles. The molecule has 0 aliphatic carbocycles. The van der Waals surface area contributed by atoms with Gasteiger partial charge in [0.05, 0.1) is 24.8 Å². The van der Waals surface area contributed by atoms with Crippen molar-refractivity contribution >= 4 is 17.4 Å². The number of aliphatic hydroxyl groups is 1. The highest BCUT2D eigenvalue weighted by Gasteiger charge is 2.46. The van der Waals surface area contributed by atoms with Crippen LogP contribution in [0.1, 0.15) is 62.8 Å². The number of fused-ring (bicyclic) bond motifs is 1. The number of hydrogen-bond donors (Lipinski definition) is 1. The van der Waals surface area contributed by atoms with Crippen LogP contribution in [0.25, 0.3) is 5.76 Å². The molecule has 2 aromatic rings. The van der Waals surface area contributed by atoms with Gasteiger partial charge in [-0.2, -0.15) is 0 Å². The Kier molecular flexibility index (Phi) is 8.94. The quantitative estimate of drug-likeness (QED) is 0.180. The molecule has 0 bridgehead atoms. The molecule has 2 heterocycles. The van der Waals surface area contributed by atoms with E-state index in [9.17, 15) is 14.7 Å². The second-order valence-electron chi connectivity index (χ2n) is 9.64. The Morgan fingerprint density at radius 2 is 1.87 bits per heavy atom. The molecule has 0 saturated carbocycles. The fourth-order valence-electron chi connectivity index (χ4n) is 4.97. The number of aliphatic hydroxyl groups excluding tert-OH is 1. The number of unbranched alkanes of at least 4 members (excludes halogenated alkanes) is 1. The van der Waals surface area contributed by atoms with E-state index in [1.54, 1.807) is 31.4 Å². The van der Waals surface area contributed by atoms with Crippen LogP contribution >= 0.6 is 0 Å². The smallest absolute Gasteiger partial charge is 0.295 e. The van der Waals surface area contributed by atoms with Crippen molar-refractivity contribution in [3.8, 4) is 17.2 Å². The number of rotatable bonds is 12. The third-order valence-corrected chi connectivity index (χ3v) is 6.80. The average Bonchev–Trinajstić information content (AvgIpc) is 3.40. The lowest BCUT2D eigenvalue weighted by Crippen LogP contribution is -2.31. The maximum atomic E-state index is 13.4. The maximum Gasteiger partial charge on any atom is 0.295 e. The summed E-state index contributed by atoms with van der Waals surface area (Å²) in [6.45, 7) is 7.69. The van der Waals surface area contributed by atoms with Crippen LogP contribution in [0.5, 0.6) is 17.2 Å². The largest absolute Gasteiger partial charge is 0.507 e. The van der Waals surface area contributed by atoms with Gasteiger partial charge in [-0.05, 0) is 68.1 Å². The molecular weight excluding hydrogens is 486 g/mol. The number of amides is 1. The number of hydrogen-bond acceptors (Lipinski definition) is 7. The lowest BCUT2D eigenvalue weighted by atomic mass is 9.94. The summed E-state index contributed by atoms with van der Waals surface area (Å²) in [5.41, 5.74) is 2.15. The van der Waals surface area contributed by atoms with Gasteiger partial charge in [-0.15, -0.1) is 0 Å². The number of ether oxygens (including phenoxy) is 4. The number of methoxy groups -OCH3 is 1. The van der Waals surface area contributed by atoms with Crippen molar-refractivity contribution in [3.05, 3.63) is 58.7 Å². The molecule has 1 N–H and O–H groups in total. The Bertz CT molecular complexity index is 1210. The molecule has 0 spiro atoms. The molecule has 1 saturated heterocycles. The minimum absolute atomic E-state index is 0.0452. The third kappa shape index (κ3) is 5.65. The molecule has 0 aromatic heterocycles. The van der Waals surface area contributed by atoms with Crippen molar-refractivity contribution < 1.29 is 33.6 Å². The van der Waals surface area contributed by atoms with Crippen molar-refractivity contribution in [2.75, 3.05) is 33.5 Å². The first-order valence-electron chi connectivity index (χ1n) is 13.4. The van der Waals surface area contributed by atoms with E-state index >= 15 is 0 Å². The first-order chi connectivity index (χ1) is 18.4. The number of Topliss-reactive ketones (excluding diaryl/α,β-unsaturated/α-hetero) is 1. The third-order valence-electron chi connectivity index (χ3n) is 6.80. The van der Waals surface area contributed by atoms with Crippen molar-refractivity contribution in [2.24, 2.45) is 0 Å². The molecule has 0 radical (unpaired) electrons. The van der Waals surface area contributed by atoms with Crippen molar-refractivity contribution in [1.82, 2.24) is 4.90 Å².